The van der Waals surface area contributed by atoms with Gasteiger partial charge in [0.15, 0.2) is 0 Å². The maximum Gasteiger partial charge on any atom is 0.126 e. The highest BCUT2D eigenvalue weighted by molar-refractivity contribution is 7.99. The van der Waals surface area contributed by atoms with Gasteiger partial charge in [-0.1, -0.05) is 25.1 Å². The first kappa shape index (κ1) is 11.5. The number of halogens is 1. The molecular weight excluding hydrogens is 197 g/mol. The quantitative estimate of drug-likeness (QED) is 0.813. The van der Waals surface area contributed by atoms with Gasteiger partial charge in [0.25, 0.3) is 0 Å². The van der Waals surface area contributed by atoms with E-state index in [0.29, 0.717) is 6.42 Å². The van der Waals surface area contributed by atoms with Crippen molar-refractivity contribution in [1.82, 2.24) is 0 Å². The number of rotatable bonds is 5. The van der Waals surface area contributed by atoms with Crippen LogP contribution in [0.1, 0.15) is 12.5 Å². The minimum Gasteiger partial charge on any atom is -0.327 e. The SMILES string of the molecule is CCSCC(N)Cc1ccccc1F. The minimum absolute atomic E-state index is 0.0526. The highest BCUT2D eigenvalue weighted by atomic mass is 32.2. The third kappa shape index (κ3) is 3.68. The lowest BCUT2D eigenvalue weighted by Crippen LogP contribution is -2.26. The van der Waals surface area contributed by atoms with Gasteiger partial charge in [0.1, 0.15) is 5.82 Å². The zero-order valence-electron chi connectivity index (χ0n) is 8.37. The van der Waals surface area contributed by atoms with E-state index in [2.05, 4.69) is 6.92 Å². The fourth-order valence-electron chi connectivity index (χ4n) is 1.27. The van der Waals surface area contributed by atoms with Crippen LogP contribution < -0.4 is 5.73 Å². The second-order valence-corrected chi connectivity index (χ2v) is 4.53. The first-order valence-corrected chi connectivity index (χ1v) is 5.96. The van der Waals surface area contributed by atoms with Crippen LogP contribution in [-0.4, -0.2) is 17.5 Å². The van der Waals surface area contributed by atoms with Crippen LogP contribution in [0, 0.1) is 5.82 Å². The summed E-state index contributed by atoms with van der Waals surface area (Å²) in [6.45, 7) is 2.10. The maximum absolute atomic E-state index is 13.2. The summed E-state index contributed by atoms with van der Waals surface area (Å²) in [5, 5.41) is 0. The zero-order chi connectivity index (χ0) is 10.4. The number of hydrogen-bond donors (Lipinski definition) is 1. The van der Waals surface area contributed by atoms with Crippen LogP contribution in [0.2, 0.25) is 0 Å². The molecule has 1 aromatic rings. The van der Waals surface area contributed by atoms with Gasteiger partial charge >= 0.3 is 0 Å². The monoisotopic (exact) mass is 213 g/mol. The number of thioether (sulfide) groups is 1. The molecule has 0 fully saturated rings. The third-order valence-corrected chi connectivity index (χ3v) is 3.05. The minimum atomic E-state index is -0.149. The van der Waals surface area contributed by atoms with Crippen molar-refractivity contribution in [3.05, 3.63) is 35.6 Å². The molecule has 0 saturated carbocycles. The molecule has 3 heteroatoms. The van der Waals surface area contributed by atoms with Gasteiger partial charge in [-0.2, -0.15) is 11.8 Å². The van der Waals surface area contributed by atoms with Crippen molar-refractivity contribution in [1.29, 1.82) is 0 Å². The maximum atomic E-state index is 13.2. The summed E-state index contributed by atoms with van der Waals surface area (Å²) in [5.41, 5.74) is 6.59. The summed E-state index contributed by atoms with van der Waals surface area (Å²) in [4.78, 5) is 0. The average Bonchev–Trinajstić information content (AvgIpc) is 2.18. The normalized spacial score (nSPS) is 12.8. The standard InChI is InChI=1S/C11H16FNS/c1-2-14-8-10(13)7-9-5-3-4-6-11(9)12/h3-6,10H,2,7-8,13H2,1H3. The van der Waals surface area contributed by atoms with Gasteiger partial charge in [-0.05, 0) is 23.8 Å². The molecule has 0 aliphatic heterocycles. The summed E-state index contributed by atoms with van der Waals surface area (Å²) in [6, 6.07) is 6.88. The molecule has 78 valence electrons. The molecule has 1 aromatic carbocycles. The van der Waals surface area contributed by atoms with Gasteiger partial charge in [0.2, 0.25) is 0 Å². The molecule has 1 atom stereocenters. The van der Waals surface area contributed by atoms with Crippen LogP contribution in [0.5, 0.6) is 0 Å². The second kappa shape index (κ2) is 6.04. The molecule has 0 saturated heterocycles. The van der Waals surface area contributed by atoms with E-state index >= 15 is 0 Å². The summed E-state index contributed by atoms with van der Waals surface area (Å²) in [7, 11) is 0. The van der Waals surface area contributed by atoms with Gasteiger partial charge < -0.3 is 5.73 Å². The second-order valence-electron chi connectivity index (χ2n) is 3.22. The van der Waals surface area contributed by atoms with E-state index in [9.17, 15) is 4.39 Å². The predicted octanol–water partition coefficient (Wildman–Crippen LogP) is 2.45. The lowest BCUT2D eigenvalue weighted by molar-refractivity contribution is 0.597. The van der Waals surface area contributed by atoms with E-state index in [1.54, 1.807) is 23.9 Å². The molecule has 14 heavy (non-hydrogen) atoms. The van der Waals surface area contributed by atoms with Gasteiger partial charge in [0.05, 0.1) is 0 Å². The molecule has 2 N–H and O–H groups in total. The van der Waals surface area contributed by atoms with Gasteiger partial charge in [-0.25, -0.2) is 4.39 Å². The lowest BCUT2D eigenvalue weighted by atomic mass is 10.1. The lowest BCUT2D eigenvalue weighted by Gasteiger charge is -2.10. The molecule has 1 rings (SSSR count). The molecule has 0 amide bonds. The van der Waals surface area contributed by atoms with Crippen molar-refractivity contribution in [2.24, 2.45) is 5.73 Å². The van der Waals surface area contributed by atoms with E-state index in [1.165, 1.54) is 6.07 Å². The molecular formula is C11H16FNS. The first-order valence-electron chi connectivity index (χ1n) is 4.80. The highest BCUT2D eigenvalue weighted by Crippen LogP contribution is 2.10. The Morgan fingerprint density at radius 3 is 2.79 bits per heavy atom. The molecule has 1 unspecified atom stereocenters. The van der Waals surface area contributed by atoms with Crippen LogP contribution in [0.25, 0.3) is 0 Å². The molecule has 0 aliphatic carbocycles. The van der Waals surface area contributed by atoms with E-state index in [1.807, 2.05) is 6.07 Å². The van der Waals surface area contributed by atoms with E-state index in [4.69, 9.17) is 5.73 Å². The molecule has 0 aromatic heterocycles. The summed E-state index contributed by atoms with van der Waals surface area (Å²) in [5.74, 6) is 1.81. The fourth-order valence-corrected chi connectivity index (χ4v) is 1.93. The van der Waals surface area contributed by atoms with E-state index in [-0.39, 0.29) is 11.9 Å². The Labute approximate surface area is 88.9 Å². The van der Waals surface area contributed by atoms with Crippen molar-refractivity contribution in [3.63, 3.8) is 0 Å². The largest absolute Gasteiger partial charge is 0.327 e. The zero-order valence-corrected chi connectivity index (χ0v) is 9.19. The van der Waals surface area contributed by atoms with Crippen LogP contribution in [0.3, 0.4) is 0 Å². The Kier molecular flexibility index (Phi) is 4.98. The van der Waals surface area contributed by atoms with Gasteiger partial charge in [0, 0.05) is 11.8 Å². The summed E-state index contributed by atoms with van der Waals surface area (Å²) < 4.78 is 13.2. The molecule has 0 spiro atoms. The van der Waals surface area contributed by atoms with Crippen LogP contribution in [-0.2, 0) is 6.42 Å². The molecule has 0 radical (unpaired) electrons. The van der Waals surface area contributed by atoms with Crippen LogP contribution in [0.15, 0.2) is 24.3 Å². The highest BCUT2D eigenvalue weighted by Gasteiger charge is 2.06. The first-order chi connectivity index (χ1) is 6.74. The Morgan fingerprint density at radius 2 is 2.14 bits per heavy atom. The predicted molar refractivity (Wildman–Crippen MR) is 61.1 cm³/mol. The van der Waals surface area contributed by atoms with E-state index < -0.39 is 0 Å². The molecule has 0 bridgehead atoms. The molecule has 1 nitrogen and oxygen atoms in total. The van der Waals surface area contributed by atoms with Gasteiger partial charge in [-0.3, -0.25) is 0 Å². The Morgan fingerprint density at radius 1 is 1.43 bits per heavy atom. The Bertz CT molecular complexity index is 278. The number of benzene rings is 1. The van der Waals surface area contributed by atoms with Crippen molar-refractivity contribution in [2.45, 2.75) is 19.4 Å². The van der Waals surface area contributed by atoms with Crippen molar-refractivity contribution >= 4 is 11.8 Å². The van der Waals surface area contributed by atoms with Gasteiger partial charge in [-0.15, -0.1) is 0 Å². The summed E-state index contributed by atoms with van der Waals surface area (Å²) >= 11 is 1.79. The van der Waals surface area contributed by atoms with E-state index in [0.717, 1.165) is 17.1 Å². The van der Waals surface area contributed by atoms with Crippen molar-refractivity contribution < 1.29 is 4.39 Å². The Balaban J connectivity index is 2.47. The van der Waals surface area contributed by atoms with Crippen molar-refractivity contribution in [2.75, 3.05) is 11.5 Å². The Hall–Kier alpha value is -0.540. The molecule has 0 aliphatic rings. The topological polar surface area (TPSA) is 26.0 Å². The van der Waals surface area contributed by atoms with Crippen molar-refractivity contribution in [3.8, 4) is 0 Å². The summed E-state index contributed by atoms with van der Waals surface area (Å²) in [6.07, 6.45) is 0.625. The fraction of sp³-hybridized carbons (Fsp3) is 0.455. The van der Waals surface area contributed by atoms with Crippen LogP contribution in [0.4, 0.5) is 4.39 Å². The third-order valence-electron chi connectivity index (χ3n) is 1.98. The number of nitrogens with two attached hydrogens (primary N) is 1. The smallest absolute Gasteiger partial charge is 0.126 e. The molecule has 0 heterocycles. The average molecular weight is 213 g/mol. The number of hydrogen-bond acceptors (Lipinski definition) is 2. The van der Waals surface area contributed by atoms with Crippen LogP contribution >= 0.6 is 11.8 Å².